The fraction of sp³-hybridized carbons (Fsp3) is 0.370. The molecule has 216 valence electrons. The molecular formula is C27H33N3O7S3. The second-order valence-corrected chi connectivity index (χ2v) is 14.9. The van der Waals surface area contributed by atoms with Crippen LogP contribution in [0.1, 0.15) is 29.8 Å². The Morgan fingerprint density at radius 3 is 2.48 bits per heavy atom. The average molecular weight is 608 g/mol. The number of nitrogens with zero attached hydrogens (tertiary/aromatic N) is 2. The molecule has 0 aliphatic carbocycles. The molecule has 0 saturated carbocycles. The number of carbonyl (C=O) groups is 1. The van der Waals surface area contributed by atoms with E-state index in [1.54, 1.807) is 42.6 Å². The van der Waals surface area contributed by atoms with E-state index in [0.29, 0.717) is 0 Å². The molecule has 0 saturated heterocycles. The molecule has 3 atom stereocenters. The zero-order valence-corrected chi connectivity index (χ0v) is 25.1. The standard InChI is InChI=1S/C27H33N3O7S3/c1-18-7-10-22(11-8-18)40(35,36)29(4)16-25-19(2)15-30(20(3)17-31)27(32)23-14-21(9-12-24(23)37-25)28-39(33,34)26-6-5-13-38-26/h5-14,19-20,25,28,31H,15-17H2,1-4H3/t19-,20-,25+/m1/s1. The zero-order chi connectivity index (χ0) is 29.2. The van der Waals surface area contributed by atoms with Gasteiger partial charge >= 0.3 is 0 Å². The van der Waals surface area contributed by atoms with Gasteiger partial charge in [0.25, 0.3) is 15.9 Å². The second kappa shape index (κ2) is 11.9. The Morgan fingerprint density at radius 2 is 1.85 bits per heavy atom. The molecule has 13 heteroatoms. The number of aliphatic hydroxyl groups is 1. The van der Waals surface area contributed by atoms with Crippen molar-refractivity contribution in [3.05, 3.63) is 71.1 Å². The summed E-state index contributed by atoms with van der Waals surface area (Å²) in [6, 6.07) is 13.5. The van der Waals surface area contributed by atoms with E-state index in [2.05, 4.69) is 4.72 Å². The smallest absolute Gasteiger partial charge is 0.271 e. The topological polar surface area (TPSA) is 133 Å². The van der Waals surface area contributed by atoms with Gasteiger partial charge in [0.2, 0.25) is 10.0 Å². The van der Waals surface area contributed by atoms with Crippen LogP contribution in [0.5, 0.6) is 5.75 Å². The summed E-state index contributed by atoms with van der Waals surface area (Å²) in [4.78, 5) is 15.3. The lowest BCUT2D eigenvalue weighted by molar-refractivity contribution is 0.0387. The van der Waals surface area contributed by atoms with E-state index in [1.165, 1.54) is 40.5 Å². The molecule has 1 aliphatic heterocycles. The first kappa shape index (κ1) is 30.0. The van der Waals surface area contributed by atoms with E-state index >= 15 is 0 Å². The summed E-state index contributed by atoms with van der Waals surface area (Å²) in [5, 5.41) is 11.5. The number of sulfonamides is 2. The number of amides is 1. The Morgan fingerprint density at radius 1 is 1.15 bits per heavy atom. The minimum absolute atomic E-state index is 0.000882. The number of anilines is 1. The van der Waals surface area contributed by atoms with Gasteiger partial charge in [-0.2, -0.15) is 4.31 Å². The highest BCUT2D eigenvalue weighted by molar-refractivity contribution is 7.94. The van der Waals surface area contributed by atoms with E-state index in [0.717, 1.165) is 16.9 Å². The number of rotatable bonds is 9. The van der Waals surface area contributed by atoms with Gasteiger partial charge in [0, 0.05) is 25.2 Å². The highest BCUT2D eigenvalue weighted by atomic mass is 32.2. The number of ether oxygens (including phenoxy) is 1. The molecule has 4 rings (SSSR count). The van der Waals surface area contributed by atoms with Gasteiger partial charge < -0.3 is 14.7 Å². The van der Waals surface area contributed by atoms with Crippen molar-refractivity contribution in [2.24, 2.45) is 5.92 Å². The third kappa shape index (κ3) is 6.33. The number of hydrogen-bond acceptors (Lipinski definition) is 8. The van der Waals surface area contributed by atoms with Crippen molar-refractivity contribution in [3.8, 4) is 5.75 Å². The number of carbonyl (C=O) groups excluding carboxylic acids is 1. The van der Waals surface area contributed by atoms with Gasteiger partial charge in [0.05, 0.1) is 29.7 Å². The van der Waals surface area contributed by atoms with Gasteiger partial charge in [-0.3, -0.25) is 9.52 Å². The molecule has 10 nitrogen and oxygen atoms in total. The predicted molar refractivity (Wildman–Crippen MR) is 154 cm³/mol. The number of hydrogen-bond donors (Lipinski definition) is 2. The summed E-state index contributed by atoms with van der Waals surface area (Å²) < 4.78 is 62.2. The summed E-state index contributed by atoms with van der Waals surface area (Å²) in [6.45, 7) is 5.34. The molecule has 2 N–H and O–H groups in total. The Balaban J connectivity index is 1.68. The van der Waals surface area contributed by atoms with Gasteiger partial charge in [0.15, 0.2) is 0 Å². The lowest BCUT2D eigenvalue weighted by atomic mass is 9.99. The van der Waals surface area contributed by atoms with Crippen molar-refractivity contribution in [2.75, 3.05) is 31.5 Å². The SMILES string of the molecule is Cc1ccc(S(=O)(=O)N(C)C[C@@H]2Oc3ccc(NS(=O)(=O)c4cccs4)cc3C(=O)N([C@H](C)CO)C[C@H]2C)cc1. The largest absolute Gasteiger partial charge is 0.488 e. The molecule has 0 unspecified atom stereocenters. The maximum Gasteiger partial charge on any atom is 0.271 e. The van der Waals surface area contributed by atoms with Crippen LogP contribution in [-0.4, -0.2) is 75.9 Å². The number of fused-ring (bicyclic) bond motifs is 1. The lowest BCUT2D eigenvalue weighted by Crippen LogP contribution is -2.50. The summed E-state index contributed by atoms with van der Waals surface area (Å²) in [6.07, 6.45) is -0.654. The highest BCUT2D eigenvalue weighted by Gasteiger charge is 2.35. The number of thiophene rings is 1. The summed E-state index contributed by atoms with van der Waals surface area (Å²) in [7, 11) is -6.19. The Labute approximate surface area is 239 Å². The van der Waals surface area contributed by atoms with E-state index < -0.39 is 38.1 Å². The Kier molecular flexibility index (Phi) is 8.90. The summed E-state index contributed by atoms with van der Waals surface area (Å²) >= 11 is 1.07. The van der Waals surface area contributed by atoms with Crippen LogP contribution in [0, 0.1) is 12.8 Å². The van der Waals surface area contributed by atoms with Crippen LogP contribution in [-0.2, 0) is 20.0 Å². The van der Waals surface area contributed by atoms with E-state index in [4.69, 9.17) is 4.74 Å². The van der Waals surface area contributed by atoms with Gasteiger partial charge in [0.1, 0.15) is 16.1 Å². The number of aliphatic hydroxyl groups excluding tert-OH is 1. The normalized spacial score (nSPS) is 18.9. The first-order valence-corrected chi connectivity index (χ1v) is 16.5. The van der Waals surface area contributed by atoms with Crippen molar-refractivity contribution >= 4 is 43.0 Å². The number of likely N-dealkylation sites (N-methyl/N-ethyl adjacent to an activating group) is 1. The number of nitrogens with one attached hydrogen (secondary N) is 1. The predicted octanol–water partition coefficient (Wildman–Crippen LogP) is 3.40. The molecule has 0 bridgehead atoms. The monoisotopic (exact) mass is 607 g/mol. The summed E-state index contributed by atoms with van der Waals surface area (Å²) in [5.41, 5.74) is 1.22. The first-order chi connectivity index (χ1) is 18.8. The van der Waals surface area contributed by atoms with Crippen LogP contribution in [0.15, 0.2) is 69.1 Å². The third-order valence-electron chi connectivity index (χ3n) is 6.84. The maximum absolute atomic E-state index is 13.6. The Bertz CT molecular complexity index is 1560. The van der Waals surface area contributed by atoms with Crippen molar-refractivity contribution in [1.82, 2.24) is 9.21 Å². The van der Waals surface area contributed by atoms with Gasteiger partial charge in [-0.15, -0.1) is 11.3 Å². The molecule has 0 fully saturated rings. The third-order valence-corrected chi connectivity index (χ3v) is 11.5. The molecule has 1 aromatic heterocycles. The van der Waals surface area contributed by atoms with E-state index in [9.17, 15) is 26.7 Å². The molecule has 40 heavy (non-hydrogen) atoms. The highest BCUT2D eigenvalue weighted by Crippen LogP contribution is 2.32. The zero-order valence-electron chi connectivity index (χ0n) is 22.6. The number of benzene rings is 2. The quantitative estimate of drug-likeness (QED) is 0.381. The van der Waals surface area contributed by atoms with Gasteiger partial charge in [-0.1, -0.05) is 30.7 Å². The van der Waals surface area contributed by atoms with Crippen LogP contribution in [0.25, 0.3) is 0 Å². The van der Waals surface area contributed by atoms with Crippen LogP contribution in [0.4, 0.5) is 5.69 Å². The molecule has 1 aliphatic rings. The molecule has 1 amide bonds. The first-order valence-electron chi connectivity index (χ1n) is 12.7. The fourth-order valence-electron chi connectivity index (χ4n) is 4.37. The molecule has 0 spiro atoms. The van der Waals surface area contributed by atoms with Gasteiger partial charge in [-0.25, -0.2) is 16.8 Å². The molecular weight excluding hydrogens is 575 g/mol. The molecule has 0 radical (unpaired) electrons. The van der Waals surface area contributed by atoms with E-state index in [1.807, 2.05) is 13.8 Å². The van der Waals surface area contributed by atoms with Crippen LogP contribution >= 0.6 is 11.3 Å². The van der Waals surface area contributed by atoms with Crippen LogP contribution in [0.3, 0.4) is 0 Å². The fourth-order valence-corrected chi connectivity index (χ4v) is 7.59. The second-order valence-electron chi connectivity index (χ2n) is 9.97. The number of aryl methyl sites for hydroxylation is 1. The van der Waals surface area contributed by atoms with Crippen LogP contribution < -0.4 is 9.46 Å². The van der Waals surface area contributed by atoms with Crippen molar-refractivity contribution in [3.63, 3.8) is 0 Å². The molecule has 2 aromatic carbocycles. The van der Waals surface area contributed by atoms with Crippen LogP contribution in [0.2, 0.25) is 0 Å². The van der Waals surface area contributed by atoms with E-state index in [-0.39, 0.29) is 51.7 Å². The minimum atomic E-state index is -3.86. The van der Waals surface area contributed by atoms with Gasteiger partial charge in [-0.05, 0) is 55.6 Å². The molecule has 3 aromatic rings. The lowest BCUT2D eigenvalue weighted by Gasteiger charge is -2.38. The Hall–Kier alpha value is -2.97. The average Bonchev–Trinajstić information content (AvgIpc) is 3.47. The maximum atomic E-state index is 13.6. The van der Waals surface area contributed by atoms with Crippen molar-refractivity contribution in [1.29, 1.82) is 0 Å². The molecule has 2 heterocycles. The summed E-state index contributed by atoms with van der Waals surface area (Å²) in [5.74, 6) is -0.546. The van der Waals surface area contributed by atoms with Crippen molar-refractivity contribution < 1.29 is 31.5 Å². The minimum Gasteiger partial charge on any atom is -0.488 e. The van der Waals surface area contributed by atoms with Crippen molar-refractivity contribution in [2.45, 2.75) is 42.0 Å².